The van der Waals surface area contributed by atoms with E-state index >= 15 is 0 Å². The summed E-state index contributed by atoms with van der Waals surface area (Å²) in [6.07, 6.45) is 0.818. The van der Waals surface area contributed by atoms with Crippen LogP contribution >= 0.6 is 0 Å². The number of aromatic nitrogens is 2. The molecule has 1 aliphatic carbocycles. The first-order valence-electron chi connectivity index (χ1n) is 10.5. The molecule has 2 aromatic heterocycles. The summed E-state index contributed by atoms with van der Waals surface area (Å²) in [6.45, 7) is 0.649. The molecule has 2 saturated heterocycles. The predicted molar refractivity (Wildman–Crippen MR) is 110 cm³/mol. The second kappa shape index (κ2) is 4.84. The first-order chi connectivity index (χ1) is 14.7. The van der Waals surface area contributed by atoms with E-state index in [1.165, 1.54) is 0 Å². The van der Waals surface area contributed by atoms with Crippen LogP contribution in [-0.4, -0.2) is 27.6 Å². The number of hydrogen-bond acceptors (Lipinski definition) is 3. The average molecular weight is 395 g/mol. The van der Waals surface area contributed by atoms with Gasteiger partial charge >= 0.3 is 0 Å². The summed E-state index contributed by atoms with van der Waals surface area (Å²) in [5.41, 5.74) is 6.33. The van der Waals surface area contributed by atoms with Crippen molar-refractivity contribution in [2.45, 2.75) is 30.5 Å². The molecule has 4 atom stereocenters. The number of nitrogens with zero attached hydrogens (tertiary/aromatic N) is 2. The third kappa shape index (κ3) is 1.50. The molecule has 4 aromatic rings. The fraction of sp³-hybridized carbons (Fsp3) is 0.250. The highest BCUT2D eigenvalue weighted by atomic mass is 16.5. The normalized spacial score (nSPS) is 28.0. The zero-order valence-electron chi connectivity index (χ0n) is 16.0. The standard InChI is InChI=1S/C24H17N3O3/c28-23-19-17-12-5-1-3-7-14(12)26-11-9-16(30-10-11)27-15-8-4-2-6-13(15)18(22(27)21(17)26)20(19)24(29)25-23/h1-8,11,16,19-20H,9-10H2,(H,25,28,29)/t11?,16-,19?,20?/m0/s1. The maximum absolute atomic E-state index is 13.1. The number of hydrogen-bond donors (Lipinski definition) is 1. The van der Waals surface area contributed by atoms with Gasteiger partial charge in [0.2, 0.25) is 11.8 Å². The minimum Gasteiger partial charge on any atom is -0.356 e. The van der Waals surface area contributed by atoms with Crippen LogP contribution in [0.2, 0.25) is 0 Å². The van der Waals surface area contributed by atoms with Gasteiger partial charge in [-0.2, -0.15) is 0 Å². The Morgan fingerprint density at radius 3 is 2.03 bits per heavy atom. The molecule has 0 spiro atoms. The van der Waals surface area contributed by atoms with Crippen LogP contribution in [0.4, 0.5) is 0 Å². The second-order valence-electron chi connectivity index (χ2n) is 8.79. The van der Waals surface area contributed by atoms with Crippen LogP contribution in [0.15, 0.2) is 48.5 Å². The number of amides is 2. The van der Waals surface area contributed by atoms with Crippen molar-refractivity contribution in [3.63, 3.8) is 0 Å². The maximum Gasteiger partial charge on any atom is 0.235 e. The van der Waals surface area contributed by atoms with Gasteiger partial charge < -0.3 is 13.9 Å². The van der Waals surface area contributed by atoms with Crippen molar-refractivity contribution in [1.29, 1.82) is 0 Å². The highest BCUT2D eigenvalue weighted by Crippen LogP contribution is 2.59. The Hall–Kier alpha value is -3.38. The summed E-state index contributed by atoms with van der Waals surface area (Å²) in [4.78, 5) is 26.2. The lowest BCUT2D eigenvalue weighted by molar-refractivity contribution is -0.125. The molecule has 30 heavy (non-hydrogen) atoms. The van der Waals surface area contributed by atoms with Crippen molar-refractivity contribution in [2.75, 3.05) is 6.61 Å². The highest BCUT2D eigenvalue weighted by molar-refractivity contribution is 6.17. The molecule has 3 aliphatic heterocycles. The third-order valence-corrected chi connectivity index (χ3v) is 7.50. The fourth-order valence-corrected chi connectivity index (χ4v) is 6.50. The van der Waals surface area contributed by atoms with Crippen LogP contribution < -0.4 is 5.32 Å². The van der Waals surface area contributed by atoms with E-state index in [9.17, 15) is 9.59 Å². The monoisotopic (exact) mass is 395 g/mol. The van der Waals surface area contributed by atoms with E-state index in [0.29, 0.717) is 6.61 Å². The van der Waals surface area contributed by atoms with E-state index in [2.05, 4.69) is 38.7 Å². The largest absolute Gasteiger partial charge is 0.356 e. The zero-order valence-corrected chi connectivity index (χ0v) is 16.0. The number of para-hydroxylation sites is 2. The van der Waals surface area contributed by atoms with Gasteiger partial charge in [0.25, 0.3) is 0 Å². The Labute approximate surface area is 171 Å². The summed E-state index contributed by atoms with van der Waals surface area (Å²) in [5, 5.41) is 4.75. The van der Waals surface area contributed by atoms with Crippen LogP contribution in [0.1, 0.15) is 41.7 Å². The molecule has 0 radical (unpaired) electrons. The topological polar surface area (TPSA) is 65.3 Å². The van der Waals surface area contributed by atoms with Gasteiger partial charge in [-0.05, 0) is 12.1 Å². The van der Waals surface area contributed by atoms with Crippen LogP contribution in [0.25, 0.3) is 33.2 Å². The van der Waals surface area contributed by atoms with Crippen molar-refractivity contribution in [3.05, 3.63) is 59.7 Å². The molecule has 2 amide bonds. The summed E-state index contributed by atoms with van der Waals surface area (Å²) in [6, 6.07) is 16.7. The fourth-order valence-electron chi connectivity index (χ4n) is 6.50. The molecule has 2 fully saturated rings. The lowest BCUT2D eigenvalue weighted by Gasteiger charge is -2.28. The van der Waals surface area contributed by atoms with Gasteiger partial charge in [0.15, 0.2) is 0 Å². The molecule has 1 N–H and O–H groups in total. The smallest absolute Gasteiger partial charge is 0.235 e. The Balaban J connectivity index is 1.68. The number of carbonyl (C=O) groups excluding carboxylic acids is 2. The van der Waals surface area contributed by atoms with Crippen molar-refractivity contribution in [3.8, 4) is 11.4 Å². The Morgan fingerprint density at radius 2 is 1.37 bits per heavy atom. The van der Waals surface area contributed by atoms with E-state index in [1.807, 2.05) is 24.3 Å². The molecule has 6 nitrogen and oxygen atoms in total. The molecular weight excluding hydrogens is 378 g/mol. The van der Waals surface area contributed by atoms with E-state index in [-0.39, 0.29) is 24.1 Å². The zero-order chi connectivity index (χ0) is 19.7. The first kappa shape index (κ1) is 15.5. The van der Waals surface area contributed by atoms with Crippen molar-refractivity contribution < 1.29 is 14.3 Å². The van der Waals surface area contributed by atoms with Gasteiger partial charge in [-0.15, -0.1) is 0 Å². The molecule has 0 saturated carbocycles. The minimum atomic E-state index is -0.498. The summed E-state index contributed by atoms with van der Waals surface area (Å²) in [5.74, 6) is -1.36. The molecule has 146 valence electrons. The third-order valence-electron chi connectivity index (χ3n) is 7.50. The van der Waals surface area contributed by atoms with Gasteiger partial charge in [-0.1, -0.05) is 36.4 Å². The molecule has 2 bridgehead atoms. The van der Waals surface area contributed by atoms with Crippen LogP contribution in [-0.2, 0) is 14.3 Å². The SMILES string of the molecule is O=C1NC(=O)C2c3c4n(c5ccccc35)[C@@H]3CC(CO3)n3c-4c(c4ccccc43)C12. The van der Waals surface area contributed by atoms with E-state index < -0.39 is 11.8 Å². The van der Waals surface area contributed by atoms with Crippen LogP contribution in [0.5, 0.6) is 0 Å². The summed E-state index contributed by atoms with van der Waals surface area (Å²) >= 11 is 0. The van der Waals surface area contributed by atoms with Gasteiger partial charge in [-0.3, -0.25) is 14.9 Å². The molecule has 8 rings (SSSR count). The number of ether oxygens (including phenoxy) is 1. The Kier molecular flexibility index (Phi) is 2.50. The number of imide groups is 1. The van der Waals surface area contributed by atoms with Crippen molar-refractivity contribution >= 4 is 33.6 Å². The van der Waals surface area contributed by atoms with Crippen LogP contribution in [0, 0.1) is 0 Å². The number of rotatable bonds is 0. The number of carbonyl (C=O) groups is 2. The maximum atomic E-state index is 13.1. The molecule has 4 aliphatic rings. The number of benzene rings is 2. The minimum absolute atomic E-state index is 0.0631. The Morgan fingerprint density at radius 1 is 0.800 bits per heavy atom. The van der Waals surface area contributed by atoms with E-state index in [4.69, 9.17) is 4.74 Å². The van der Waals surface area contributed by atoms with E-state index in [1.54, 1.807) is 0 Å². The van der Waals surface area contributed by atoms with Gasteiger partial charge in [-0.25, -0.2) is 0 Å². The predicted octanol–water partition coefficient (Wildman–Crippen LogP) is 3.57. The average Bonchev–Trinajstić information content (AvgIpc) is 3.46. The Bertz CT molecular complexity index is 1370. The highest BCUT2D eigenvalue weighted by Gasteiger charge is 2.54. The number of fused-ring (bicyclic) bond motifs is 13. The number of nitrogens with one attached hydrogen (secondary N) is 1. The van der Waals surface area contributed by atoms with Gasteiger partial charge in [0.1, 0.15) is 6.23 Å². The molecule has 6 heteroatoms. The first-order valence-corrected chi connectivity index (χ1v) is 10.5. The lowest BCUT2D eigenvalue weighted by Crippen LogP contribution is -2.22. The van der Waals surface area contributed by atoms with Crippen molar-refractivity contribution in [2.24, 2.45) is 0 Å². The summed E-state index contributed by atoms with van der Waals surface area (Å²) in [7, 11) is 0. The molecule has 5 heterocycles. The van der Waals surface area contributed by atoms with Crippen LogP contribution in [0.3, 0.4) is 0 Å². The molecule has 2 aromatic carbocycles. The van der Waals surface area contributed by atoms with E-state index in [0.717, 1.165) is 50.7 Å². The van der Waals surface area contributed by atoms with Crippen molar-refractivity contribution in [1.82, 2.24) is 14.5 Å². The molecule has 3 unspecified atom stereocenters. The molecular formula is C24H17N3O3. The summed E-state index contributed by atoms with van der Waals surface area (Å²) < 4.78 is 11.0. The quantitative estimate of drug-likeness (QED) is 0.463. The second-order valence-corrected chi connectivity index (χ2v) is 8.79. The van der Waals surface area contributed by atoms with Gasteiger partial charge in [0.05, 0.1) is 41.4 Å². The lowest BCUT2D eigenvalue weighted by atomic mass is 9.75. The van der Waals surface area contributed by atoms with Gasteiger partial charge in [0, 0.05) is 33.8 Å².